The first kappa shape index (κ1) is 18.5. The first-order chi connectivity index (χ1) is 13.6. The third-order valence-electron chi connectivity index (χ3n) is 4.65. The van der Waals surface area contributed by atoms with E-state index in [1.807, 2.05) is 36.4 Å². The highest BCUT2D eigenvalue weighted by atomic mass is 35.5. The van der Waals surface area contributed by atoms with E-state index in [4.69, 9.17) is 11.6 Å². The molecule has 1 amide bonds. The molecule has 1 atom stereocenters. The fraction of sp³-hybridized carbons (Fsp3) is 0.0909. The molecule has 0 saturated carbocycles. The smallest absolute Gasteiger partial charge is 0.290 e. The van der Waals surface area contributed by atoms with Crippen LogP contribution in [0.1, 0.15) is 26.8 Å². The second-order valence-electron chi connectivity index (χ2n) is 6.44. The van der Waals surface area contributed by atoms with Gasteiger partial charge in [-0.05, 0) is 34.7 Å². The number of thiophene rings is 1. The number of halogens is 1. The van der Waals surface area contributed by atoms with Crippen LogP contribution in [0.5, 0.6) is 0 Å². The zero-order chi connectivity index (χ0) is 19.7. The Morgan fingerprint density at radius 1 is 1.07 bits per heavy atom. The molecule has 1 N–H and O–H groups in total. The van der Waals surface area contributed by atoms with E-state index in [-0.39, 0.29) is 17.9 Å². The number of amides is 1. The van der Waals surface area contributed by atoms with Crippen LogP contribution in [0, 0.1) is 0 Å². The van der Waals surface area contributed by atoms with Crippen molar-refractivity contribution in [3.63, 3.8) is 0 Å². The predicted molar refractivity (Wildman–Crippen MR) is 109 cm³/mol. The third-order valence-corrected chi connectivity index (χ3v) is 5.76. The van der Waals surface area contributed by atoms with Crippen LogP contribution in [0.25, 0.3) is 0 Å². The Morgan fingerprint density at radius 3 is 2.54 bits per heavy atom. The van der Waals surface area contributed by atoms with Crippen molar-refractivity contribution in [2.45, 2.75) is 12.6 Å². The molecule has 0 aliphatic carbocycles. The van der Waals surface area contributed by atoms with Gasteiger partial charge in [-0.2, -0.15) is 0 Å². The summed E-state index contributed by atoms with van der Waals surface area (Å²) in [5.74, 6) is -1.41. The summed E-state index contributed by atoms with van der Waals surface area (Å²) in [6, 6.07) is 19.2. The molecule has 2 heterocycles. The molecule has 28 heavy (non-hydrogen) atoms. The van der Waals surface area contributed by atoms with E-state index in [1.54, 1.807) is 35.7 Å². The molecule has 4 nitrogen and oxygen atoms in total. The Balaban J connectivity index is 1.81. The molecule has 6 heteroatoms. The molecule has 1 aromatic heterocycles. The highest BCUT2D eigenvalue weighted by Crippen LogP contribution is 2.40. The lowest BCUT2D eigenvalue weighted by Crippen LogP contribution is -2.30. The zero-order valence-corrected chi connectivity index (χ0v) is 16.3. The van der Waals surface area contributed by atoms with Crippen molar-refractivity contribution in [1.29, 1.82) is 0 Å². The first-order valence-corrected chi connectivity index (χ1v) is 9.93. The number of Topliss-reactive ketones (excluding diaryl/α,β-unsaturated/α-hetero) is 1. The van der Waals surface area contributed by atoms with Crippen molar-refractivity contribution in [3.05, 3.63) is 104 Å². The Labute approximate surface area is 171 Å². The molecule has 1 unspecified atom stereocenters. The second-order valence-corrected chi connectivity index (χ2v) is 7.83. The Morgan fingerprint density at radius 2 is 1.86 bits per heavy atom. The number of hydrogen-bond acceptors (Lipinski definition) is 4. The van der Waals surface area contributed by atoms with Gasteiger partial charge in [0.2, 0.25) is 5.78 Å². The Kier molecular flexibility index (Phi) is 5.03. The maximum Gasteiger partial charge on any atom is 0.290 e. The van der Waals surface area contributed by atoms with Crippen LogP contribution in [-0.2, 0) is 11.3 Å². The van der Waals surface area contributed by atoms with Crippen molar-refractivity contribution in [3.8, 4) is 0 Å². The van der Waals surface area contributed by atoms with E-state index >= 15 is 0 Å². The van der Waals surface area contributed by atoms with Gasteiger partial charge < -0.3 is 10.0 Å². The van der Waals surface area contributed by atoms with Crippen LogP contribution in [0.4, 0.5) is 0 Å². The summed E-state index contributed by atoms with van der Waals surface area (Å²) in [6.45, 7) is 0.266. The largest absolute Gasteiger partial charge is 0.503 e. The molecule has 0 fully saturated rings. The van der Waals surface area contributed by atoms with Crippen molar-refractivity contribution in [2.24, 2.45) is 0 Å². The lowest BCUT2D eigenvalue weighted by molar-refractivity contribution is -0.130. The van der Waals surface area contributed by atoms with E-state index in [0.29, 0.717) is 15.5 Å². The van der Waals surface area contributed by atoms with Gasteiger partial charge in [0.05, 0.1) is 16.5 Å². The lowest BCUT2D eigenvalue weighted by atomic mass is 9.95. The molecule has 2 aromatic carbocycles. The maximum absolute atomic E-state index is 13.1. The highest BCUT2D eigenvalue weighted by molar-refractivity contribution is 7.12. The Hall–Kier alpha value is -2.89. The number of ketones is 1. The molecule has 0 spiro atoms. The van der Waals surface area contributed by atoms with Crippen LogP contribution in [0.15, 0.2) is 83.4 Å². The van der Waals surface area contributed by atoms with Gasteiger partial charge in [0, 0.05) is 11.6 Å². The number of carbonyl (C=O) groups is 2. The van der Waals surface area contributed by atoms with Crippen molar-refractivity contribution < 1.29 is 14.7 Å². The minimum atomic E-state index is -0.707. The van der Waals surface area contributed by atoms with Gasteiger partial charge in [-0.15, -0.1) is 11.3 Å². The minimum Gasteiger partial charge on any atom is -0.503 e. The van der Waals surface area contributed by atoms with Gasteiger partial charge in [0.1, 0.15) is 0 Å². The topological polar surface area (TPSA) is 57.6 Å². The minimum absolute atomic E-state index is 0.0886. The van der Waals surface area contributed by atoms with Crippen molar-refractivity contribution in [1.82, 2.24) is 4.90 Å². The molecule has 1 aliphatic rings. The summed E-state index contributed by atoms with van der Waals surface area (Å²) in [7, 11) is 0. The van der Waals surface area contributed by atoms with Gasteiger partial charge >= 0.3 is 0 Å². The quantitative estimate of drug-likeness (QED) is 0.590. The fourth-order valence-corrected chi connectivity index (χ4v) is 4.27. The molecule has 3 aromatic rings. The lowest BCUT2D eigenvalue weighted by Gasteiger charge is -2.27. The molecule has 0 radical (unpaired) electrons. The van der Waals surface area contributed by atoms with Crippen LogP contribution in [0.2, 0.25) is 5.02 Å². The molecular weight excluding hydrogens is 394 g/mol. The van der Waals surface area contributed by atoms with Crippen LogP contribution < -0.4 is 0 Å². The molecule has 0 saturated heterocycles. The summed E-state index contributed by atoms with van der Waals surface area (Å²) in [5, 5.41) is 12.9. The number of benzene rings is 2. The summed E-state index contributed by atoms with van der Waals surface area (Å²) in [5.41, 5.74) is 1.67. The summed E-state index contributed by atoms with van der Waals surface area (Å²) in [6.07, 6.45) is 0. The van der Waals surface area contributed by atoms with Gasteiger partial charge in [0.15, 0.2) is 5.76 Å². The number of carbonyl (C=O) groups excluding carboxylic acids is 2. The summed E-state index contributed by atoms with van der Waals surface area (Å²) in [4.78, 5) is 28.0. The van der Waals surface area contributed by atoms with E-state index in [1.165, 1.54) is 16.2 Å². The number of aliphatic hydroxyl groups excluding tert-OH is 1. The van der Waals surface area contributed by atoms with Crippen LogP contribution in [-0.4, -0.2) is 21.7 Å². The number of hydrogen-bond donors (Lipinski definition) is 1. The molecule has 4 rings (SSSR count). The summed E-state index contributed by atoms with van der Waals surface area (Å²) >= 11 is 7.44. The van der Waals surface area contributed by atoms with E-state index < -0.39 is 17.7 Å². The first-order valence-electron chi connectivity index (χ1n) is 8.68. The zero-order valence-electron chi connectivity index (χ0n) is 14.7. The molecular formula is C22H16ClNO3S. The van der Waals surface area contributed by atoms with Gasteiger partial charge in [-0.3, -0.25) is 9.59 Å². The van der Waals surface area contributed by atoms with Gasteiger partial charge in [0.25, 0.3) is 5.91 Å². The van der Waals surface area contributed by atoms with Gasteiger partial charge in [-0.1, -0.05) is 60.1 Å². The van der Waals surface area contributed by atoms with Crippen LogP contribution >= 0.6 is 22.9 Å². The average molecular weight is 410 g/mol. The standard InChI is InChI=1S/C22H16ClNO3S/c23-16-9-4-8-15(12-16)19-18(20(25)17-10-5-11-28-17)21(26)22(27)24(19)13-14-6-2-1-3-7-14/h1-12,19,26H,13H2. The van der Waals surface area contributed by atoms with Gasteiger partial charge in [-0.25, -0.2) is 0 Å². The highest BCUT2D eigenvalue weighted by Gasteiger charge is 2.43. The normalized spacial score (nSPS) is 16.7. The third kappa shape index (κ3) is 3.35. The van der Waals surface area contributed by atoms with E-state index in [2.05, 4.69) is 0 Å². The Bertz CT molecular complexity index is 1060. The molecule has 140 valence electrons. The second kappa shape index (κ2) is 7.62. The number of rotatable bonds is 5. The van der Waals surface area contributed by atoms with Crippen molar-refractivity contribution in [2.75, 3.05) is 0 Å². The molecule has 0 bridgehead atoms. The maximum atomic E-state index is 13.1. The molecule has 1 aliphatic heterocycles. The monoisotopic (exact) mass is 409 g/mol. The number of nitrogens with zero attached hydrogens (tertiary/aromatic N) is 1. The fourth-order valence-electron chi connectivity index (χ4n) is 3.39. The SMILES string of the molecule is O=C(C1=C(O)C(=O)N(Cc2ccccc2)C1c1cccc(Cl)c1)c1cccs1. The predicted octanol–water partition coefficient (Wildman–Crippen LogP) is 5.18. The van der Waals surface area contributed by atoms with E-state index in [0.717, 1.165) is 5.56 Å². The number of aliphatic hydroxyl groups is 1. The average Bonchev–Trinajstić information content (AvgIpc) is 3.32. The van der Waals surface area contributed by atoms with Crippen LogP contribution in [0.3, 0.4) is 0 Å². The summed E-state index contributed by atoms with van der Waals surface area (Å²) < 4.78 is 0. The van der Waals surface area contributed by atoms with E-state index in [9.17, 15) is 14.7 Å². The van der Waals surface area contributed by atoms with Crippen molar-refractivity contribution >= 4 is 34.6 Å².